The molecule has 1 atom stereocenters. The van der Waals surface area contributed by atoms with Crippen molar-refractivity contribution in [3.63, 3.8) is 0 Å². The van der Waals surface area contributed by atoms with Gasteiger partial charge in [-0.25, -0.2) is 0 Å². The van der Waals surface area contributed by atoms with Gasteiger partial charge in [-0.2, -0.15) is 0 Å². The molecule has 0 N–H and O–H groups in total. The van der Waals surface area contributed by atoms with Gasteiger partial charge in [-0.15, -0.1) is 0 Å². The zero-order chi connectivity index (χ0) is 13.1. The highest BCUT2D eigenvalue weighted by atomic mass is 16.2. The summed E-state index contributed by atoms with van der Waals surface area (Å²) in [5.74, 6) is -0.768. The summed E-state index contributed by atoms with van der Waals surface area (Å²) >= 11 is 0. The second kappa shape index (κ2) is 4.96. The van der Waals surface area contributed by atoms with Gasteiger partial charge in [0.05, 0.1) is 6.04 Å². The summed E-state index contributed by atoms with van der Waals surface area (Å²) in [6.07, 6.45) is 3.07. The van der Waals surface area contributed by atoms with Crippen LogP contribution in [-0.2, 0) is 9.59 Å². The Bertz CT molecular complexity index is 519. The first-order valence-electron chi connectivity index (χ1n) is 5.70. The summed E-state index contributed by atoms with van der Waals surface area (Å²) in [7, 11) is 0. The number of imide groups is 1. The molecule has 0 spiro atoms. The molecule has 92 valence electrons. The van der Waals surface area contributed by atoms with Crippen molar-refractivity contribution in [3.8, 4) is 0 Å². The van der Waals surface area contributed by atoms with E-state index in [2.05, 4.69) is 0 Å². The predicted molar refractivity (Wildman–Crippen MR) is 65.8 cm³/mol. The van der Waals surface area contributed by atoms with Crippen LogP contribution in [0.1, 0.15) is 23.7 Å². The molecule has 0 bridgehead atoms. The summed E-state index contributed by atoms with van der Waals surface area (Å²) in [6.45, 7) is 1.32. The Morgan fingerprint density at radius 3 is 2.50 bits per heavy atom. The minimum atomic E-state index is -0.456. The summed E-state index contributed by atoms with van der Waals surface area (Å²) < 4.78 is 0. The maximum atomic E-state index is 12.0. The van der Waals surface area contributed by atoms with Gasteiger partial charge >= 0.3 is 0 Å². The first kappa shape index (κ1) is 12.2. The van der Waals surface area contributed by atoms with E-state index in [-0.39, 0.29) is 24.0 Å². The van der Waals surface area contributed by atoms with E-state index in [0.717, 1.165) is 4.90 Å². The third kappa shape index (κ3) is 2.37. The van der Waals surface area contributed by atoms with Crippen LogP contribution >= 0.6 is 0 Å². The summed E-state index contributed by atoms with van der Waals surface area (Å²) in [6, 6.07) is 8.39. The molecule has 1 aromatic rings. The highest BCUT2D eigenvalue weighted by molar-refractivity contribution is 6.04. The van der Waals surface area contributed by atoms with Crippen LogP contribution in [0.3, 0.4) is 0 Å². The van der Waals surface area contributed by atoms with E-state index in [1.165, 1.54) is 13.0 Å². The van der Waals surface area contributed by atoms with Crippen molar-refractivity contribution >= 4 is 17.6 Å². The smallest absolute Gasteiger partial charge is 0.253 e. The number of carbonyl (C=O) groups is 3. The van der Waals surface area contributed by atoms with E-state index >= 15 is 0 Å². The third-order valence-corrected chi connectivity index (χ3v) is 2.86. The monoisotopic (exact) mass is 243 g/mol. The van der Waals surface area contributed by atoms with Gasteiger partial charge in [-0.3, -0.25) is 19.3 Å². The van der Waals surface area contributed by atoms with E-state index in [9.17, 15) is 14.4 Å². The quantitative estimate of drug-likeness (QED) is 0.757. The first-order chi connectivity index (χ1) is 8.59. The number of Topliss-reactive ketones (excluding diaryl/α,β-unsaturated/α-hetero) is 1. The van der Waals surface area contributed by atoms with E-state index in [1.54, 1.807) is 30.3 Å². The van der Waals surface area contributed by atoms with Crippen molar-refractivity contribution in [2.75, 3.05) is 0 Å². The van der Waals surface area contributed by atoms with E-state index in [4.69, 9.17) is 0 Å². The van der Waals surface area contributed by atoms with Crippen molar-refractivity contribution in [3.05, 3.63) is 48.0 Å². The molecule has 0 saturated carbocycles. The lowest BCUT2D eigenvalue weighted by atomic mass is 10.0. The molecule has 0 saturated heterocycles. The standard InChI is InChI=1S/C14H13NO3/c1-10(16)15-12(7-8-14(15)18)9-13(17)11-5-3-2-4-6-11/h2-8,12H,9H2,1H3/t12-/m0/s1. The fourth-order valence-electron chi connectivity index (χ4n) is 2.00. The van der Waals surface area contributed by atoms with Crippen LogP contribution in [0.25, 0.3) is 0 Å². The van der Waals surface area contributed by atoms with Crippen molar-refractivity contribution in [2.45, 2.75) is 19.4 Å². The zero-order valence-electron chi connectivity index (χ0n) is 10.00. The molecule has 1 heterocycles. The number of carbonyl (C=O) groups excluding carboxylic acids is 3. The number of hydrogen-bond donors (Lipinski definition) is 0. The summed E-state index contributed by atoms with van der Waals surface area (Å²) in [4.78, 5) is 35.9. The number of amides is 2. The van der Waals surface area contributed by atoms with Gasteiger partial charge in [0, 0.05) is 25.0 Å². The van der Waals surface area contributed by atoms with Crippen LogP contribution in [0, 0.1) is 0 Å². The van der Waals surface area contributed by atoms with E-state index in [1.807, 2.05) is 6.07 Å². The zero-order valence-corrected chi connectivity index (χ0v) is 10.00. The number of hydrogen-bond acceptors (Lipinski definition) is 3. The van der Waals surface area contributed by atoms with Gasteiger partial charge in [-0.1, -0.05) is 36.4 Å². The van der Waals surface area contributed by atoms with E-state index in [0.29, 0.717) is 5.56 Å². The Balaban J connectivity index is 2.10. The van der Waals surface area contributed by atoms with Crippen molar-refractivity contribution in [1.29, 1.82) is 0 Å². The maximum absolute atomic E-state index is 12.0. The number of nitrogens with zero attached hydrogens (tertiary/aromatic N) is 1. The van der Waals surface area contributed by atoms with Crippen molar-refractivity contribution in [1.82, 2.24) is 4.90 Å². The fourth-order valence-corrected chi connectivity index (χ4v) is 2.00. The molecule has 0 unspecified atom stereocenters. The van der Waals surface area contributed by atoms with Crippen LogP contribution in [-0.4, -0.2) is 28.5 Å². The Kier molecular flexibility index (Phi) is 3.37. The molecule has 0 aromatic heterocycles. The molecule has 4 heteroatoms. The average molecular weight is 243 g/mol. The Labute approximate surface area is 105 Å². The molecule has 4 nitrogen and oxygen atoms in total. The lowest BCUT2D eigenvalue weighted by Gasteiger charge is -2.20. The molecule has 1 aliphatic rings. The SMILES string of the molecule is CC(=O)N1C(=O)C=C[C@H]1CC(=O)c1ccccc1. The second-order valence-corrected chi connectivity index (χ2v) is 4.15. The van der Waals surface area contributed by atoms with Gasteiger partial charge < -0.3 is 0 Å². The van der Waals surface area contributed by atoms with Crippen LogP contribution in [0.5, 0.6) is 0 Å². The normalized spacial score (nSPS) is 18.2. The summed E-state index contributed by atoms with van der Waals surface area (Å²) in [5.41, 5.74) is 0.591. The predicted octanol–water partition coefficient (Wildman–Crippen LogP) is 1.57. The van der Waals surface area contributed by atoms with Crippen LogP contribution in [0.2, 0.25) is 0 Å². The Morgan fingerprint density at radius 1 is 1.22 bits per heavy atom. The minimum absolute atomic E-state index is 0.0776. The molecular formula is C14H13NO3. The van der Waals surface area contributed by atoms with Crippen LogP contribution in [0.4, 0.5) is 0 Å². The average Bonchev–Trinajstić information content (AvgIpc) is 2.71. The van der Waals surface area contributed by atoms with Crippen molar-refractivity contribution < 1.29 is 14.4 Å². The lowest BCUT2D eigenvalue weighted by molar-refractivity contribution is -0.140. The molecule has 0 fully saturated rings. The minimum Gasteiger partial charge on any atom is -0.294 e. The first-order valence-corrected chi connectivity index (χ1v) is 5.70. The summed E-state index contributed by atoms with van der Waals surface area (Å²) in [5, 5.41) is 0. The molecule has 0 radical (unpaired) electrons. The van der Waals surface area contributed by atoms with Gasteiger partial charge in [0.15, 0.2) is 5.78 Å². The van der Waals surface area contributed by atoms with Gasteiger partial charge in [-0.05, 0) is 0 Å². The molecule has 2 rings (SSSR count). The largest absolute Gasteiger partial charge is 0.294 e. The highest BCUT2D eigenvalue weighted by Gasteiger charge is 2.30. The molecule has 0 aliphatic carbocycles. The highest BCUT2D eigenvalue weighted by Crippen LogP contribution is 2.17. The second-order valence-electron chi connectivity index (χ2n) is 4.15. The van der Waals surface area contributed by atoms with Gasteiger partial charge in [0.1, 0.15) is 0 Å². The third-order valence-electron chi connectivity index (χ3n) is 2.86. The molecule has 1 aromatic carbocycles. The van der Waals surface area contributed by atoms with Crippen molar-refractivity contribution in [2.24, 2.45) is 0 Å². The Hall–Kier alpha value is -2.23. The Morgan fingerprint density at radius 2 is 1.89 bits per heavy atom. The topological polar surface area (TPSA) is 54.5 Å². The number of benzene rings is 1. The fraction of sp³-hybridized carbons (Fsp3) is 0.214. The van der Waals surface area contributed by atoms with Crippen LogP contribution < -0.4 is 0 Å². The molecule has 2 amide bonds. The number of ketones is 1. The maximum Gasteiger partial charge on any atom is 0.253 e. The molecule has 1 aliphatic heterocycles. The van der Waals surface area contributed by atoms with Gasteiger partial charge in [0.25, 0.3) is 5.91 Å². The molecular weight excluding hydrogens is 230 g/mol. The molecule has 18 heavy (non-hydrogen) atoms. The van der Waals surface area contributed by atoms with Gasteiger partial charge in [0.2, 0.25) is 5.91 Å². The van der Waals surface area contributed by atoms with Crippen LogP contribution in [0.15, 0.2) is 42.5 Å². The van der Waals surface area contributed by atoms with E-state index < -0.39 is 6.04 Å². The lowest BCUT2D eigenvalue weighted by Crippen LogP contribution is -2.38. The number of rotatable bonds is 3.